The highest BCUT2D eigenvalue weighted by Crippen LogP contribution is 2.21. The standard InChI is InChI=1S/C11H21F3N2O/c1-8(2)7-9(15)10(17)16-6-4-3-5-11(12,13)14/h8-9H,3-7,15H2,1-2H3,(H,16,17)/t9-/m1/s1. The Kier molecular flexibility index (Phi) is 7.18. The van der Waals surface area contributed by atoms with Gasteiger partial charge in [-0.25, -0.2) is 0 Å². The van der Waals surface area contributed by atoms with Crippen molar-refractivity contribution in [2.24, 2.45) is 11.7 Å². The van der Waals surface area contributed by atoms with Gasteiger partial charge in [0.05, 0.1) is 6.04 Å². The van der Waals surface area contributed by atoms with Gasteiger partial charge in [0.25, 0.3) is 0 Å². The summed E-state index contributed by atoms with van der Waals surface area (Å²) in [6, 6.07) is -0.572. The van der Waals surface area contributed by atoms with Gasteiger partial charge in [-0.2, -0.15) is 13.2 Å². The Morgan fingerprint density at radius 3 is 2.35 bits per heavy atom. The highest BCUT2D eigenvalue weighted by Gasteiger charge is 2.25. The molecule has 0 aliphatic carbocycles. The molecule has 0 aromatic heterocycles. The van der Waals surface area contributed by atoms with Crippen molar-refractivity contribution in [2.75, 3.05) is 6.54 Å². The van der Waals surface area contributed by atoms with Crippen molar-refractivity contribution in [3.8, 4) is 0 Å². The summed E-state index contributed by atoms with van der Waals surface area (Å²) < 4.78 is 35.4. The second kappa shape index (κ2) is 7.53. The van der Waals surface area contributed by atoms with Gasteiger partial charge >= 0.3 is 6.18 Å². The summed E-state index contributed by atoms with van der Waals surface area (Å²) in [6.45, 7) is 4.16. The zero-order valence-corrected chi connectivity index (χ0v) is 10.3. The van der Waals surface area contributed by atoms with E-state index in [0.29, 0.717) is 18.8 Å². The minimum absolute atomic E-state index is 0.0310. The van der Waals surface area contributed by atoms with Crippen LogP contribution >= 0.6 is 0 Å². The summed E-state index contributed by atoms with van der Waals surface area (Å²) in [5, 5.41) is 2.54. The molecule has 0 spiro atoms. The molecule has 0 rings (SSSR count). The van der Waals surface area contributed by atoms with Crippen LogP contribution in [0.2, 0.25) is 0 Å². The lowest BCUT2D eigenvalue weighted by molar-refractivity contribution is -0.135. The molecule has 102 valence electrons. The van der Waals surface area contributed by atoms with Crippen LogP contribution in [0.15, 0.2) is 0 Å². The minimum Gasteiger partial charge on any atom is -0.355 e. The van der Waals surface area contributed by atoms with Crippen LogP contribution in [0.5, 0.6) is 0 Å². The van der Waals surface area contributed by atoms with Crippen LogP contribution in [0.4, 0.5) is 13.2 Å². The molecule has 0 aromatic rings. The predicted octanol–water partition coefficient (Wildman–Crippen LogP) is 2.21. The van der Waals surface area contributed by atoms with Crippen molar-refractivity contribution in [1.82, 2.24) is 5.32 Å². The number of carbonyl (C=O) groups is 1. The van der Waals surface area contributed by atoms with Crippen molar-refractivity contribution < 1.29 is 18.0 Å². The van der Waals surface area contributed by atoms with E-state index in [1.165, 1.54) is 0 Å². The Labute approximate surface area is 99.9 Å². The summed E-state index contributed by atoms with van der Waals surface area (Å²) in [7, 11) is 0. The van der Waals surface area contributed by atoms with Gasteiger partial charge in [0.15, 0.2) is 0 Å². The van der Waals surface area contributed by atoms with Gasteiger partial charge in [-0.3, -0.25) is 4.79 Å². The molecule has 0 bridgehead atoms. The number of alkyl halides is 3. The second-order valence-electron chi connectivity index (χ2n) is 4.60. The van der Waals surface area contributed by atoms with Crippen molar-refractivity contribution >= 4 is 5.91 Å². The Bertz CT molecular complexity index is 229. The SMILES string of the molecule is CC(C)C[C@@H](N)C(=O)NCCCCC(F)(F)F. The molecule has 0 aromatic carbocycles. The summed E-state index contributed by atoms with van der Waals surface area (Å²) in [4.78, 5) is 11.4. The first-order chi connectivity index (χ1) is 7.72. The first-order valence-electron chi connectivity index (χ1n) is 5.82. The fourth-order valence-electron chi connectivity index (χ4n) is 1.41. The van der Waals surface area contributed by atoms with E-state index in [-0.39, 0.29) is 18.9 Å². The van der Waals surface area contributed by atoms with Gasteiger partial charge < -0.3 is 11.1 Å². The van der Waals surface area contributed by atoms with Crippen LogP contribution in [-0.2, 0) is 4.79 Å². The van der Waals surface area contributed by atoms with Crippen LogP contribution in [-0.4, -0.2) is 24.7 Å². The molecular formula is C11H21F3N2O. The Morgan fingerprint density at radius 1 is 1.29 bits per heavy atom. The number of hydrogen-bond donors (Lipinski definition) is 2. The van der Waals surface area contributed by atoms with E-state index in [0.717, 1.165) is 0 Å². The van der Waals surface area contributed by atoms with Crippen LogP contribution < -0.4 is 11.1 Å². The second-order valence-corrected chi connectivity index (χ2v) is 4.60. The first kappa shape index (κ1) is 16.2. The Balaban J connectivity index is 3.58. The van der Waals surface area contributed by atoms with Crippen LogP contribution in [0, 0.1) is 5.92 Å². The minimum atomic E-state index is -4.11. The third-order valence-corrected chi connectivity index (χ3v) is 2.25. The van der Waals surface area contributed by atoms with Gasteiger partial charge in [-0.1, -0.05) is 13.8 Å². The molecule has 0 fully saturated rings. The number of unbranched alkanes of at least 4 members (excludes halogenated alkanes) is 1. The first-order valence-corrected chi connectivity index (χ1v) is 5.82. The smallest absolute Gasteiger partial charge is 0.355 e. The van der Waals surface area contributed by atoms with Gasteiger partial charge in [-0.15, -0.1) is 0 Å². The van der Waals surface area contributed by atoms with E-state index in [1.807, 2.05) is 13.8 Å². The van der Waals surface area contributed by atoms with Crippen LogP contribution in [0.25, 0.3) is 0 Å². The van der Waals surface area contributed by atoms with E-state index < -0.39 is 18.6 Å². The Morgan fingerprint density at radius 2 is 1.88 bits per heavy atom. The molecule has 0 saturated heterocycles. The molecule has 6 heteroatoms. The summed E-state index contributed by atoms with van der Waals surface area (Å²) in [6.07, 6.45) is -3.99. The molecule has 1 atom stereocenters. The van der Waals surface area contributed by atoms with Crippen molar-refractivity contribution in [3.05, 3.63) is 0 Å². The summed E-state index contributed by atoms with van der Waals surface area (Å²) in [5.41, 5.74) is 5.61. The molecule has 0 saturated carbocycles. The average Bonchev–Trinajstić information content (AvgIpc) is 2.13. The van der Waals surface area contributed by atoms with Crippen LogP contribution in [0.1, 0.15) is 39.5 Å². The zero-order chi connectivity index (χ0) is 13.5. The molecule has 17 heavy (non-hydrogen) atoms. The monoisotopic (exact) mass is 254 g/mol. The normalized spacial score (nSPS) is 13.8. The van der Waals surface area contributed by atoms with E-state index in [2.05, 4.69) is 5.32 Å². The molecule has 3 nitrogen and oxygen atoms in total. The predicted molar refractivity (Wildman–Crippen MR) is 60.3 cm³/mol. The number of hydrogen-bond acceptors (Lipinski definition) is 2. The fraction of sp³-hybridized carbons (Fsp3) is 0.909. The number of carbonyl (C=O) groups excluding carboxylic acids is 1. The van der Waals surface area contributed by atoms with E-state index in [9.17, 15) is 18.0 Å². The number of halogens is 3. The average molecular weight is 254 g/mol. The van der Waals surface area contributed by atoms with E-state index >= 15 is 0 Å². The lowest BCUT2D eigenvalue weighted by Crippen LogP contribution is -2.41. The number of rotatable bonds is 7. The third-order valence-electron chi connectivity index (χ3n) is 2.25. The van der Waals surface area contributed by atoms with Crippen molar-refractivity contribution in [1.29, 1.82) is 0 Å². The number of nitrogens with one attached hydrogen (secondary N) is 1. The quantitative estimate of drug-likeness (QED) is 0.684. The van der Waals surface area contributed by atoms with E-state index in [4.69, 9.17) is 5.73 Å². The molecule has 3 N–H and O–H groups in total. The molecular weight excluding hydrogens is 233 g/mol. The number of nitrogens with two attached hydrogens (primary N) is 1. The van der Waals surface area contributed by atoms with Crippen molar-refractivity contribution in [3.63, 3.8) is 0 Å². The lowest BCUT2D eigenvalue weighted by Gasteiger charge is -2.14. The maximum absolute atomic E-state index is 11.8. The fourth-order valence-corrected chi connectivity index (χ4v) is 1.41. The molecule has 0 unspecified atom stereocenters. The topological polar surface area (TPSA) is 55.1 Å². The molecule has 1 amide bonds. The maximum Gasteiger partial charge on any atom is 0.389 e. The molecule has 0 aliphatic heterocycles. The van der Waals surface area contributed by atoms with E-state index in [1.54, 1.807) is 0 Å². The number of amides is 1. The highest BCUT2D eigenvalue weighted by atomic mass is 19.4. The largest absolute Gasteiger partial charge is 0.389 e. The summed E-state index contributed by atoms with van der Waals surface area (Å²) in [5.74, 6) is 0.0340. The molecule has 0 heterocycles. The third kappa shape index (κ3) is 10.1. The lowest BCUT2D eigenvalue weighted by atomic mass is 10.0. The Hall–Kier alpha value is -0.780. The van der Waals surface area contributed by atoms with Crippen LogP contribution in [0.3, 0.4) is 0 Å². The van der Waals surface area contributed by atoms with Gasteiger partial charge in [0.2, 0.25) is 5.91 Å². The van der Waals surface area contributed by atoms with Gasteiger partial charge in [-0.05, 0) is 25.2 Å². The molecule has 0 aliphatic rings. The van der Waals surface area contributed by atoms with Gasteiger partial charge in [0.1, 0.15) is 0 Å². The molecule has 0 radical (unpaired) electrons. The zero-order valence-electron chi connectivity index (χ0n) is 10.3. The maximum atomic E-state index is 11.8. The van der Waals surface area contributed by atoms with Gasteiger partial charge in [0, 0.05) is 13.0 Å². The van der Waals surface area contributed by atoms with Crippen molar-refractivity contribution in [2.45, 2.75) is 51.7 Å². The highest BCUT2D eigenvalue weighted by molar-refractivity contribution is 5.81. The summed E-state index contributed by atoms with van der Waals surface area (Å²) >= 11 is 0.